The zero-order valence-corrected chi connectivity index (χ0v) is 18.8. The minimum atomic E-state index is 0.00574. The van der Waals surface area contributed by atoms with Crippen molar-refractivity contribution in [2.75, 3.05) is 14.2 Å². The third kappa shape index (κ3) is 4.16. The summed E-state index contributed by atoms with van der Waals surface area (Å²) in [5, 5.41) is 0. The van der Waals surface area contributed by atoms with E-state index in [9.17, 15) is 4.79 Å². The van der Waals surface area contributed by atoms with Crippen molar-refractivity contribution in [2.45, 2.75) is 0 Å². The molecule has 5 rings (SSSR count). The summed E-state index contributed by atoms with van der Waals surface area (Å²) in [6, 6.07) is 26.7. The van der Waals surface area contributed by atoms with Gasteiger partial charge in [-0.05, 0) is 83.9 Å². The Morgan fingerprint density at radius 1 is 0.471 bits per heavy atom. The topological polar surface area (TPSA) is 35.5 Å². The molecular formula is C31H20O3. The molecule has 0 fully saturated rings. The van der Waals surface area contributed by atoms with E-state index in [1.165, 1.54) is 0 Å². The fraction of sp³-hybridized carbons (Fsp3) is 0.0645. The van der Waals surface area contributed by atoms with Crippen molar-refractivity contribution in [3.05, 3.63) is 118 Å². The van der Waals surface area contributed by atoms with Gasteiger partial charge in [-0.3, -0.25) is 4.79 Å². The fourth-order valence-electron chi connectivity index (χ4n) is 3.87. The van der Waals surface area contributed by atoms with E-state index in [-0.39, 0.29) is 5.78 Å². The van der Waals surface area contributed by atoms with Gasteiger partial charge in [0.1, 0.15) is 11.5 Å². The predicted octanol–water partition coefficient (Wildman–Crippen LogP) is 5.71. The van der Waals surface area contributed by atoms with Crippen molar-refractivity contribution in [3.8, 4) is 46.3 Å². The van der Waals surface area contributed by atoms with E-state index in [4.69, 9.17) is 9.47 Å². The van der Waals surface area contributed by atoms with Gasteiger partial charge >= 0.3 is 0 Å². The lowest BCUT2D eigenvalue weighted by molar-refractivity contribution is 0.104. The van der Waals surface area contributed by atoms with E-state index in [1.807, 2.05) is 84.9 Å². The first-order chi connectivity index (χ1) is 16.6. The summed E-state index contributed by atoms with van der Waals surface area (Å²) < 4.78 is 10.4. The number of methoxy groups -OCH3 is 2. The number of hydrogen-bond acceptors (Lipinski definition) is 3. The summed E-state index contributed by atoms with van der Waals surface area (Å²) in [7, 11) is 3.27. The van der Waals surface area contributed by atoms with E-state index >= 15 is 0 Å². The van der Waals surface area contributed by atoms with Crippen LogP contribution in [0.15, 0.2) is 84.9 Å². The molecule has 0 atom stereocenters. The van der Waals surface area contributed by atoms with E-state index < -0.39 is 0 Å². The average molecular weight is 440 g/mol. The first-order valence-corrected chi connectivity index (χ1v) is 10.8. The van der Waals surface area contributed by atoms with Crippen LogP contribution in [0.1, 0.15) is 38.2 Å². The van der Waals surface area contributed by atoms with Crippen molar-refractivity contribution < 1.29 is 14.3 Å². The van der Waals surface area contributed by atoms with Crippen LogP contribution in [-0.4, -0.2) is 20.0 Å². The molecule has 0 radical (unpaired) electrons. The molecule has 0 saturated heterocycles. The molecule has 1 aliphatic rings. The molecule has 1 aliphatic carbocycles. The summed E-state index contributed by atoms with van der Waals surface area (Å²) in [6.45, 7) is 0. The van der Waals surface area contributed by atoms with Crippen LogP contribution in [0, 0.1) is 23.7 Å². The van der Waals surface area contributed by atoms with Crippen LogP contribution >= 0.6 is 0 Å². The smallest absolute Gasteiger partial charge is 0.194 e. The Labute approximate surface area is 199 Å². The number of rotatable bonds is 2. The maximum atomic E-state index is 13.2. The molecule has 0 bridgehead atoms. The molecular weight excluding hydrogens is 420 g/mol. The van der Waals surface area contributed by atoms with Crippen molar-refractivity contribution in [1.29, 1.82) is 0 Å². The van der Waals surface area contributed by atoms with Gasteiger partial charge in [-0.1, -0.05) is 35.8 Å². The standard InChI is InChI=1S/C31H20O3/c1-33-25-13-7-21(8-14-25)3-5-23-11-17-27-28-18-12-24(20-30(28)31(32)29(27)19-23)6-4-22-9-15-26(34-2)16-10-22/h7-20H,1-2H3. The highest BCUT2D eigenvalue weighted by molar-refractivity contribution is 6.22. The molecule has 34 heavy (non-hydrogen) atoms. The molecule has 0 saturated carbocycles. The summed E-state index contributed by atoms with van der Waals surface area (Å²) in [4.78, 5) is 13.2. The van der Waals surface area contributed by atoms with Crippen molar-refractivity contribution in [1.82, 2.24) is 0 Å². The van der Waals surface area contributed by atoms with Gasteiger partial charge in [-0.15, -0.1) is 0 Å². The zero-order valence-electron chi connectivity index (χ0n) is 18.8. The highest BCUT2D eigenvalue weighted by Crippen LogP contribution is 2.37. The maximum Gasteiger partial charge on any atom is 0.194 e. The monoisotopic (exact) mass is 440 g/mol. The van der Waals surface area contributed by atoms with Gasteiger partial charge < -0.3 is 9.47 Å². The molecule has 162 valence electrons. The zero-order chi connectivity index (χ0) is 23.5. The number of ether oxygens (including phenoxy) is 2. The quantitative estimate of drug-likeness (QED) is 0.330. The first kappa shape index (κ1) is 21.1. The largest absolute Gasteiger partial charge is 0.497 e. The van der Waals surface area contributed by atoms with Crippen LogP contribution in [0.4, 0.5) is 0 Å². The Kier molecular flexibility index (Phi) is 5.61. The Morgan fingerprint density at radius 3 is 1.21 bits per heavy atom. The maximum absolute atomic E-state index is 13.2. The summed E-state index contributed by atoms with van der Waals surface area (Å²) in [5.74, 6) is 14.2. The molecule has 0 N–H and O–H groups in total. The van der Waals surface area contributed by atoms with Crippen LogP contribution in [0.25, 0.3) is 11.1 Å². The normalized spacial score (nSPS) is 10.8. The number of ketones is 1. The van der Waals surface area contributed by atoms with Crippen LogP contribution in [0.5, 0.6) is 11.5 Å². The Morgan fingerprint density at radius 2 is 0.824 bits per heavy atom. The minimum Gasteiger partial charge on any atom is -0.497 e. The van der Waals surface area contributed by atoms with Gasteiger partial charge in [-0.25, -0.2) is 0 Å². The minimum absolute atomic E-state index is 0.00574. The van der Waals surface area contributed by atoms with Gasteiger partial charge in [0.15, 0.2) is 5.78 Å². The highest BCUT2D eigenvalue weighted by Gasteiger charge is 2.26. The number of hydrogen-bond donors (Lipinski definition) is 0. The van der Waals surface area contributed by atoms with Crippen LogP contribution in [0.3, 0.4) is 0 Å². The van der Waals surface area contributed by atoms with E-state index in [1.54, 1.807) is 14.2 Å². The lowest BCUT2D eigenvalue weighted by Crippen LogP contribution is -1.96. The number of fused-ring (bicyclic) bond motifs is 3. The van der Waals surface area contributed by atoms with E-state index in [0.717, 1.165) is 44.9 Å². The van der Waals surface area contributed by atoms with E-state index in [2.05, 4.69) is 23.7 Å². The van der Waals surface area contributed by atoms with Gasteiger partial charge in [0.2, 0.25) is 0 Å². The Bertz CT molecular complexity index is 1400. The van der Waals surface area contributed by atoms with Crippen LogP contribution in [0.2, 0.25) is 0 Å². The number of carbonyl (C=O) groups is 1. The average Bonchev–Trinajstić information content (AvgIpc) is 3.17. The van der Waals surface area contributed by atoms with Crippen molar-refractivity contribution in [3.63, 3.8) is 0 Å². The lowest BCUT2D eigenvalue weighted by atomic mass is 10.0. The second-order valence-corrected chi connectivity index (χ2v) is 7.81. The molecule has 3 nitrogen and oxygen atoms in total. The predicted molar refractivity (Wildman–Crippen MR) is 133 cm³/mol. The molecule has 0 unspecified atom stereocenters. The fourth-order valence-corrected chi connectivity index (χ4v) is 3.87. The number of carbonyl (C=O) groups excluding carboxylic acids is 1. The molecule has 3 heteroatoms. The molecule has 0 aromatic heterocycles. The van der Waals surface area contributed by atoms with Crippen molar-refractivity contribution >= 4 is 5.78 Å². The third-order valence-corrected chi connectivity index (χ3v) is 5.70. The van der Waals surface area contributed by atoms with Crippen LogP contribution in [-0.2, 0) is 0 Å². The molecule has 0 spiro atoms. The van der Waals surface area contributed by atoms with Gasteiger partial charge in [0.05, 0.1) is 14.2 Å². The number of benzene rings is 4. The second-order valence-electron chi connectivity index (χ2n) is 7.81. The lowest BCUT2D eigenvalue weighted by Gasteiger charge is -2.01. The van der Waals surface area contributed by atoms with E-state index in [0.29, 0.717) is 11.1 Å². The summed E-state index contributed by atoms with van der Waals surface area (Å²) in [6.07, 6.45) is 0. The molecule has 0 amide bonds. The Hall–Kier alpha value is -4.73. The van der Waals surface area contributed by atoms with Gasteiger partial charge in [-0.2, -0.15) is 0 Å². The molecule has 0 aliphatic heterocycles. The molecule has 4 aromatic rings. The van der Waals surface area contributed by atoms with Crippen LogP contribution < -0.4 is 9.47 Å². The van der Waals surface area contributed by atoms with Crippen molar-refractivity contribution in [2.24, 2.45) is 0 Å². The first-order valence-electron chi connectivity index (χ1n) is 10.8. The summed E-state index contributed by atoms with van der Waals surface area (Å²) in [5.41, 5.74) is 6.60. The SMILES string of the molecule is COc1ccc(C#Cc2ccc3c(c2)C(=O)c2cc(C#Cc4ccc(OC)cc4)ccc2-3)cc1. The third-order valence-electron chi connectivity index (χ3n) is 5.70. The Balaban J connectivity index is 1.40. The highest BCUT2D eigenvalue weighted by atomic mass is 16.5. The second kappa shape index (κ2) is 9.02. The summed E-state index contributed by atoms with van der Waals surface area (Å²) >= 11 is 0. The molecule has 0 heterocycles. The van der Waals surface area contributed by atoms with Gasteiger partial charge in [0, 0.05) is 33.4 Å². The molecule has 4 aromatic carbocycles. The van der Waals surface area contributed by atoms with Gasteiger partial charge in [0.25, 0.3) is 0 Å².